The maximum Gasteiger partial charge on any atom is 0.346 e. The van der Waals surface area contributed by atoms with Crippen LogP contribution in [0.3, 0.4) is 0 Å². The molecule has 0 saturated heterocycles. The molecule has 0 heterocycles. The van der Waals surface area contributed by atoms with Gasteiger partial charge in [-0.05, 0) is 83.4 Å². The molecular weight excluding hydrogens is 588 g/mol. The SMILES string of the molecule is Cc1ccccc1NC(=O)N(c1ccc(C#N)cc1O)N(C(=O)Nc1ccccc1Br)c1ccc(C)c(C#N)c1O. The lowest BCUT2D eigenvalue weighted by atomic mass is 10.1. The molecule has 11 heteroatoms. The van der Waals surface area contributed by atoms with Crippen LogP contribution in [-0.2, 0) is 0 Å². The third kappa shape index (κ3) is 5.91. The molecule has 10 nitrogen and oxygen atoms in total. The summed E-state index contributed by atoms with van der Waals surface area (Å²) >= 11 is 3.38. The second-order valence-electron chi connectivity index (χ2n) is 8.83. The molecule has 0 atom stereocenters. The van der Waals surface area contributed by atoms with E-state index >= 15 is 0 Å². The lowest BCUT2D eigenvalue weighted by Crippen LogP contribution is -2.54. The lowest BCUT2D eigenvalue weighted by molar-refractivity contribution is 0.248. The van der Waals surface area contributed by atoms with Crippen molar-refractivity contribution < 1.29 is 19.8 Å². The first-order chi connectivity index (χ1) is 19.7. The Morgan fingerprint density at radius 2 is 1.34 bits per heavy atom. The van der Waals surface area contributed by atoms with Gasteiger partial charge in [-0.1, -0.05) is 36.4 Å². The van der Waals surface area contributed by atoms with Crippen LogP contribution in [-0.4, -0.2) is 22.3 Å². The van der Waals surface area contributed by atoms with Crippen LogP contribution >= 0.6 is 15.9 Å². The highest BCUT2D eigenvalue weighted by atomic mass is 79.9. The smallest absolute Gasteiger partial charge is 0.346 e. The molecular formula is C30H23BrN6O4. The molecule has 0 fully saturated rings. The number of nitrogens with zero attached hydrogens (tertiary/aromatic N) is 4. The highest BCUT2D eigenvalue weighted by Crippen LogP contribution is 2.38. The fourth-order valence-electron chi connectivity index (χ4n) is 3.99. The fraction of sp³-hybridized carbons (Fsp3) is 0.0667. The van der Waals surface area contributed by atoms with Gasteiger partial charge in [-0.3, -0.25) is 0 Å². The Morgan fingerprint density at radius 1 is 0.756 bits per heavy atom. The maximum atomic E-state index is 14.0. The number of aryl methyl sites for hydroxylation is 2. The summed E-state index contributed by atoms with van der Waals surface area (Å²) in [5, 5.41) is 48.2. The van der Waals surface area contributed by atoms with Gasteiger partial charge in [-0.15, -0.1) is 0 Å². The Kier molecular flexibility index (Phi) is 8.42. The van der Waals surface area contributed by atoms with Crippen LogP contribution in [0.5, 0.6) is 11.5 Å². The summed E-state index contributed by atoms with van der Waals surface area (Å²) in [7, 11) is 0. The molecule has 4 aromatic rings. The summed E-state index contributed by atoms with van der Waals surface area (Å²) in [5.41, 5.74) is 1.53. The summed E-state index contributed by atoms with van der Waals surface area (Å²) < 4.78 is 0.538. The molecule has 0 bridgehead atoms. The number of nitriles is 2. The molecule has 0 aliphatic rings. The summed E-state index contributed by atoms with van der Waals surface area (Å²) in [6.45, 7) is 3.39. The topological polar surface area (TPSA) is 153 Å². The molecule has 4 N–H and O–H groups in total. The van der Waals surface area contributed by atoms with Gasteiger partial charge in [-0.2, -0.15) is 20.5 Å². The molecule has 0 unspecified atom stereocenters. The van der Waals surface area contributed by atoms with Gasteiger partial charge in [0.15, 0.2) is 5.75 Å². The first kappa shape index (κ1) is 28.5. The van der Waals surface area contributed by atoms with Crippen LogP contribution < -0.4 is 20.7 Å². The molecule has 0 radical (unpaired) electrons. The molecule has 0 aliphatic heterocycles. The number of carbonyl (C=O) groups excluding carboxylic acids is 2. The van der Waals surface area contributed by atoms with E-state index in [1.807, 2.05) is 12.1 Å². The second kappa shape index (κ2) is 12.1. The molecule has 0 aromatic heterocycles. The van der Waals surface area contributed by atoms with Crippen LogP contribution in [0.15, 0.2) is 83.3 Å². The number of anilines is 4. The van der Waals surface area contributed by atoms with Gasteiger partial charge in [0, 0.05) is 10.2 Å². The number of hydrazine groups is 1. The number of carbonyl (C=O) groups is 2. The van der Waals surface area contributed by atoms with Crippen LogP contribution in [0.25, 0.3) is 0 Å². The number of halogens is 1. The van der Waals surface area contributed by atoms with Gasteiger partial charge in [0.05, 0.1) is 22.9 Å². The van der Waals surface area contributed by atoms with Crippen LogP contribution in [0.1, 0.15) is 22.3 Å². The van der Waals surface area contributed by atoms with Crippen molar-refractivity contribution in [2.45, 2.75) is 13.8 Å². The fourth-order valence-corrected chi connectivity index (χ4v) is 4.38. The second-order valence-corrected chi connectivity index (χ2v) is 9.69. The zero-order valence-electron chi connectivity index (χ0n) is 21.9. The molecule has 0 aliphatic carbocycles. The van der Waals surface area contributed by atoms with E-state index in [0.29, 0.717) is 21.4 Å². The maximum absolute atomic E-state index is 14.0. The first-order valence-corrected chi connectivity index (χ1v) is 12.9. The predicted molar refractivity (Wildman–Crippen MR) is 159 cm³/mol. The van der Waals surface area contributed by atoms with Crippen molar-refractivity contribution in [3.63, 3.8) is 0 Å². The Morgan fingerprint density at radius 3 is 1.95 bits per heavy atom. The molecule has 0 spiro atoms. The van der Waals surface area contributed by atoms with E-state index in [2.05, 4.69) is 26.6 Å². The zero-order chi connectivity index (χ0) is 29.7. The Balaban J connectivity index is 1.96. The van der Waals surface area contributed by atoms with Crippen molar-refractivity contribution >= 4 is 50.7 Å². The number of phenols is 2. The Hall–Kier alpha value is -5.52. The highest BCUT2D eigenvalue weighted by Gasteiger charge is 2.34. The third-order valence-corrected chi connectivity index (χ3v) is 6.82. The Bertz CT molecular complexity index is 1740. The van der Waals surface area contributed by atoms with E-state index in [-0.39, 0.29) is 22.5 Å². The monoisotopic (exact) mass is 610 g/mol. The number of phenolic OH excluding ortho intramolecular Hbond substituents is 2. The number of amides is 4. The van der Waals surface area contributed by atoms with E-state index in [9.17, 15) is 30.3 Å². The number of para-hydroxylation sites is 2. The lowest BCUT2D eigenvalue weighted by Gasteiger charge is -2.35. The Labute approximate surface area is 244 Å². The van der Waals surface area contributed by atoms with Gasteiger partial charge in [0.2, 0.25) is 0 Å². The van der Waals surface area contributed by atoms with E-state index in [4.69, 9.17) is 0 Å². The third-order valence-electron chi connectivity index (χ3n) is 6.12. The molecule has 4 aromatic carbocycles. The van der Waals surface area contributed by atoms with Gasteiger partial charge < -0.3 is 20.8 Å². The van der Waals surface area contributed by atoms with E-state index in [1.165, 1.54) is 24.3 Å². The summed E-state index contributed by atoms with van der Waals surface area (Å²) in [5.74, 6) is -1.05. The van der Waals surface area contributed by atoms with Crippen LogP contribution in [0.4, 0.5) is 32.3 Å². The van der Waals surface area contributed by atoms with Gasteiger partial charge in [0.1, 0.15) is 23.2 Å². The van der Waals surface area contributed by atoms with Crippen molar-refractivity contribution in [1.82, 2.24) is 0 Å². The minimum absolute atomic E-state index is 0.107. The summed E-state index contributed by atoms with van der Waals surface area (Å²) in [4.78, 5) is 28.0. The van der Waals surface area contributed by atoms with E-state index in [0.717, 1.165) is 21.6 Å². The zero-order valence-corrected chi connectivity index (χ0v) is 23.5. The number of nitrogens with one attached hydrogen (secondary N) is 2. The minimum Gasteiger partial charge on any atom is -0.506 e. The minimum atomic E-state index is -0.913. The van der Waals surface area contributed by atoms with Gasteiger partial charge >= 0.3 is 12.1 Å². The quantitative estimate of drug-likeness (QED) is 0.184. The number of urea groups is 2. The summed E-state index contributed by atoms with van der Waals surface area (Å²) in [6, 6.07) is 22.4. The molecule has 4 amide bonds. The predicted octanol–water partition coefficient (Wildman–Crippen LogP) is 6.91. The standard InChI is InChI=1S/C30H23BrN6O4/c1-18-11-13-26(28(39)21(18)17-33)37(30(41)35-24-10-6-4-8-22(24)31)36(25-14-12-20(16-32)15-27(25)38)29(40)34-23-9-5-3-7-19(23)2/h3-15,38-39H,1-2H3,(H,34,40)(H,35,41). The average molecular weight is 611 g/mol. The van der Waals surface area contributed by atoms with Crippen LogP contribution in [0.2, 0.25) is 0 Å². The molecule has 204 valence electrons. The number of hydrogen-bond donors (Lipinski definition) is 4. The summed E-state index contributed by atoms with van der Waals surface area (Å²) in [6.07, 6.45) is 0. The number of benzene rings is 4. The van der Waals surface area contributed by atoms with Crippen molar-refractivity contribution in [3.05, 3.63) is 106 Å². The average Bonchev–Trinajstić information content (AvgIpc) is 2.95. The van der Waals surface area contributed by atoms with Crippen molar-refractivity contribution in [2.24, 2.45) is 0 Å². The molecule has 4 rings (SSSR count). The molecule has 0 saturated carbocycles. The highest BCUT2D eigenvalue weighted by molar-refractivity contribution is 9.10. The van der Waals surface area contributed by atoms with E-state index in [1.54, 1.807) is 62.4 Å². The van der Waals surface area contributed by atoms with Gasteiger partial charge in [0.25, 0.3) is 0 Å². The van der Waals surface area contributed by atoms with Gasteiger partial charge in [-0.25, -0.2) is 9.59 Å². The van der Waals surface area contributed by atoms with E-state index < -0.39 is 23.6 Å². The largest absolute Gasteiger partial charge is 0.506 e. The van der Waals surface area contributed by atoms with Crippen molar-refractivity contribution in [1.29, 1.82) is 10.5 Å². The van der Waals surface area contributed by atoms with Crippen molar-refractivity contribution in [3.8, 4) is 23.6 Å². The number of rotatable bonds is 4. The van der Waals surface area contributed by atoms with Crippen LogP contribution in [0, 0.1) is 36.5 Å². The number of aromatic hydroxyl groups is 2. The first-order valence-electron chi connectivity index (χ1n) is 12.1. The normalized spacial score (nSPS) is 10.2. The molecule has 41 heavy (non-hydrogen) atoms. The number of hydrogen-bond acceptors (Lipinski definition) is 6. The van der Waals surface area contributed by atoms with Crippen molar-refractivity contribution in [2.75, 3.05) is 20.7 Å².